The molecule has 27 heavy (non-hydrogen) atoms. The molecule has 0 atom stereocenters. The summed E-state index contributed by atoms with van der Waals surface area (Å²) in [5.74, 6) is -0.915. The van der Waals surface area contributed by atoms with E-state index in [0.29, 0.717) is 16.8 Å². The zero-order valence-corrected chi connectivity index (χ0v) is 15.5. The van der Waals surface area contributed by atoms with Gasteiger partial charge in [0.05, 0.1) is 12.7 Å². The lowest BCUT2D eigenvalue weighted by atomic mass is 10.1. The Balaban J connectivity index is 2.07. The van der Waals surface area contributed by atoms with Crippen LogP contribution in [0, 0.1) is 11.3 Å². The summed E-state index contributed by atoms with van der Waals surface area (Å²) in [4.78, 5) is 23.8. The van der Waals surface area contributed by atoms with Gasteiger partial charge >= 0.3 is 5.97 Å². The number of carbonyl (C=O) groups is 2. The molecule has 5 nitrogen and oxygen atoms in total. The van der Waals surface area contributed by atoms with Gasteiger partial charge in [-0.2, -0.15) is 5.26 Å². The van der Waals surface area contributed by atoms with Crippen molar-refractivity contribution in [2.45, 2.75) is 26.2 Å². The number of hydrogen-bond donors (Lipinski definition) is 1. The lowest BCUT2D eigenvalue weighted by Crippen LogP contribution is -2.13. The van der Waals surface area contributed by atoms with Gasteiger partial charge in [0.1, 0.15) is 11.6 Å². The number of benzene rings is 2. The molecular formula is C22H22N2O3. The summed E-state index contributed by atoms with van der Waals surface area (Å²) in [5.41, 5.74) is 2.89. The minimum atomic E-state index is -0.476. The molecule has 0 aliphatic carbocycles. The fourth-order valence-electron chi connectivity index (χ4n) is 2.48. The number of amides is 1. The molecule has 0 spiro atoms. The van der Waals surface area contributed by atoms with Crippen LogP contribution in [0.15, 0.2) is 54.1 Å². The maximum Gasteiger partial charge on any atom is 0.337 e. The first-order valence-electron chi connectivity index (χ1n) is 8.77. The molecular weight excluding hydrogens is 340 g/mol. The predicted octanol–water partition coefficient (Wildman–Crippen LogP) is 4.36. The second-order valence-corrected chi connectivity index (χ2v) is 6.04. The van der Waals surface area contributed by atoms with Gasteiger partial charge in [0, 0.05) is 5.69 Å². The van der Waals surface area contributed by atoms with Crippen LogP contribution >= 0.6 is 0 Å². The Labute approximate surface area is 159 Å². The number of nitrogens with zero attached hydrogens (tertiary/aromatic N) is 1. The molecule has 1 amide bonds. The summed E-state index contributed by atoms with van der Waals surface area (Å²) < 4.78 is 4.64. The minimum Gasteiger partial charge on any atom is -0.465 e. The lowest BCUT2D eigenvalue weighted by Gasteiger charge is -2.06. The number of rotatable bonds is 7. The largest absolute Gasteiger partial charge is 0.465 e. The van der Waals surface area contributed by atoms with Crippen LogP contribution in [0.2, 0.25) is 0 Å². The molecule has 0 bridgehead atoms. The molecule has 2 aromatic carbocycles. The van der Waals surface area contributed by atoms with Gasteiger partial charge < -0.3 is 10.1 Å². The Bertz CT molecular complexity index is 860. The van der Waals surface area contributed by atoms with Crippen LogP contribution in [-0.4, -0.2) is 19.0 Å². The number of ether oxygens (including phenoxy) is 1. The molecule has 0 aliphatic rings. The Hall–Kier alpha value is -3.39. The van der Waals surface area contributed by atoms with Crippen LogP contribution < -0.4 is 5.32 Å². The highest BCUT2D eigenvalue weighted by atomic mass is 16.5. The number of methoxy groups -OCH3 is 1. The van der Waals surface area contributed by atoms with Crippen LogP contribution in [0.3, 0.4) is 0 Å². The van der Waals surface area contributed by atoms with Crippen molar-refractivity contribution in [2.24, 2.45) is 0 Å². The average Bonchev–Trinajstić information content (AvgIpc) is 2.71. The van der Waals surface area contributed by atoms with E-state index in [1.54, 1.807) is 24.3 Å². The molecule has 138 valence electrons. The molecule has 0 radical (unpaired) electrons. The molecule has 0 fully saturated rings. The molecule has 5 heteroatoms. The number of aryl methyl sites for hydroxylation is 1. The highest BCUT2D eigenvalue weighted by Gasteiger charge is 2.10. The fraction of sp³-hybridized carbons (Fsp3) is 0.227. The summed E-state index contributed by atoms with van der Waals surface area (Å²) in [6.45, 7) is 2.15. The van der Waals surface area contributed by atoms with Gasteiger partial charge in [0.15, 0.2) is 0 Å². The Morgan fingerprint density at radius 2 is 1.78 bits per heavy atom. The number of unbranched alkanes of at least 4 members (excludes halogenated alkanes) is 1. The van der Waals surface area contributed by atoms with E-state index in [1.165, 1.54) is 18.7 Å². The zero-order chi connectivity index (χ0) is 19.6. The number of nitriles is 1. The molecule has 2 rings (SSSR count). The summed E-state index contributed by atoms with van der Waals surface area (Å²) in [6, 6.07) is 16.0. The Kier molecular flexibility index (Phi) is 7.33. The lowest BCUT2D eigenvalue weighted by molar-refractivity contribution is -0.112. The van der Waals surface area contributed by atoms with Crippen molar-refractivity contribution >= 4 is 23.6 Å². The minimum absolute atomic E-state index is 0.0177. The summed E-state index contributed by atoms with van der Waals surface area (Å²) in [6.07, 6.45) is 4.75. The maximum absolute atomic E-state index is 12.4. The molecule has 0 aliphatic heterocycles. The van der Waals surface area contributed by atoms with E-state index in [4.69, 9.17) is 0 Å². The summed E-state index contributed by atoms with van der Waals surface area (Å²) in [7, 11) is 1.31. The standard InChI is InChI=1S/C22H22N2O3/c1-3-4-5-16-8-12-20(13-9-16)24-21(25)19(15-23)14-17-6-10-18(11-7-17)22(26)27-2/h6-14H,3-5H2,1-2H3,(H,24,25). The Morgan fingerprint density at radius 1 is 1.11 bits per heavy atom. The van der Waals surface area contributed by atoms with Crippen LogP contribution in [-0.2, 0) is 16.0 Å². The van der Waals surface area contributed by atoms with Crippen molar-refractivity contribution < 1.29 is 14.3 Å². The van der Waals surface area contributed by atoms with Crippen LogP contribution in [0.4, 0.5) is 5.69 Å². The monoisotopic (exact) mass is 362 g/mol. The highest BCUT2D eigenvalue weighted by molar-refractivity contribution is 6.09. The van der Waals surface area contributed by atoms with Gasteiger partial charge in [-0.25, -0.2) is 4.79 Å². The van der Waals surface area contributed by atoms with Crippen molar-refractivity contribution in [3.05, 3.63) is 70.8 Å². The van der Waals surface area contributed by atoms with Crippen molar-refractivity contribution in [1.82, 2.24) is 0 Å². The van der Waals surface area contributed by atoms with Crippen molar-refractivity contribution in [3.8, 4) is 6.07 Å². The number of nitrogens with one attached hydrogen (secondary N) is 1. The Morgan fingerprint density at radius 3 is 2.33 bits per heavy atom. The second-order valence-electron chi connectivity index (χ2n) is 6.04. The molecule has 1 N–H and O–H groups in total. The summed E-state index contributed by atoms with van der Waals surface area (Å²) >= 11 is 0. The number of carbonyl (C=O) groups excluding carboxylic acids is 2. The van der Waals surface area contributed by atoms with Gasteiger partial charge in [-0.15, -0.1) is 0 Å². The van der Waals surface area contributed by atoms with Gasteiger partial charge in [-0.05, 0) is 54.3 Å². The quantitative estimate of drug-likeness (QED) is 0.451. The predicted molar refractivity (Wildman–Crippen MR) is 105 cm³/mol. The number of esters is 1. The first kappa shape index (κ1) is 19.9. The number of anilines is 1. The van der Waals surface area contributed by atoms with Crippen molar-refractivity contribution in [1.29, 1.82) is 5.26 Å². The first-order valence-corrected chi connectivity index (χ1v) is 8.77. The van der Waals surface area contributed by atoms with Gasteiger partial charge in [-0.1, -0.05) is 37.6 Å². The van der Waals surface area contributed by atoms with Gasteiger partial charge in [-0.3, -0.25) is 4.79 Å². The third-order valence-electron chi connectivity index (χ3n) is 4.04. The smallest absolute Gasteiger partial charge is 0.337 e. The van der Waals surface area contributed by atoms with E-state index < -0.39 is 11.9 Å². The molecule has 0 heterocycles. The topological polar surface area (TPSA) is 79.2 Å². The maximum atomic E-state index is 12.4. The normalized spacial score (nSPS) is 10.8. The molecule has 0 unspecified atom stereocenters. The zero-order valence-electron chi connectivity index (χ0n) is 15.5. The van der Waals surface area contributed by atoms with E-state index in [1.807, 2.05) is 30.3 Å². The van der Waals surface area contributed by atoms with Crippen LogP contribution in [0.5, 0.6) is 0 Å². The van der Waals surface area contributed by atoms with Gasteiger partial charge in [0.25, 0.3) is 5.91 Å². The van der Waals surface area contributed by atoms with E-state index in [2.05, 4.69) is 17.0 Å². The molecule has 0 saturated carbocycles. The molecule has 0 aromatic heterocycles. The van der Waals surface area contributed by atoms with Crippen LogP contribution in [0.1, 0.15) is 41.3 Å². The van der Waals surface area contributed by atoms with E-state index >= 15 is 0 Å². The van der Waals surface area contributed by atoms with Gasteiger partial charge in [0.2, 0.25) is 0 Å². The third kappa shape index (κ3) is 5.82. The number of hydrogen-bond acceptors (Lipinski definition) is 4. The first-order chi connectivity index (χ1) is 13.1. The fourth-order valence-corrected chi connectivity index (χ4v) is 2.48. The molecule has 0 saturated heterocycles. The second kappa shape index (κ2) is 9.93. The van der Waals surface area contributed by atoms with E-state index in [-0.39, 0.29) is 5.57 Å². The highest BCUT2D eigenvalue weighted by Crippen LogP contribution is 2.15. The summed E-state index contributed by atoms with van der Waals surface area (Å²) in [5, 5.41) is 12.0. The van der Waals surface area contributed by atoms with E-state index in [9.17, 15) is 14.9 Å². The van der Waals surface area contributed by atoms with E-state index in [0.717, 1.165) is 19.3 Å². The third-order valence-corrected chi connectivity index (χ3v) is 4.04. The van der Waals surface area contributed by atoms with Crippen LogP contribution in [0.25, 0.3) is 6.08 Å². The average molecular weight is 362 g/mol. The SMILES string of the molecule is CCCCc1ccc(NC(=O)C(C#N)=Cc2ccc(C(=O)OC)cc2)cc1. The molecule has 2 aromatic rings. The van der Waals surface area contributed by atoms with Crippen molar-refractivity contribution in [2.75, 3.05) is 12.4 Å². The van der Waals surface area contributed by atoms with Crippen molar-refractivity contribution in [3.63, 3.8) is 0 Å².